The maximum absolute atomic E-state index is 12.2. The first-order chi connectivity index (χ1) is 8.99. The summed E-state index contributed by atoms with van der Waals surface area (Å²) in [5, 5.41) is 18.9. The van der Waals surface area contributed by atoms with Crippen LogP contribution in [0.4, 0.5) is 5.69 Å². The van der Waals surface area contributed by atoms with Crippen LogP contribution in [0.5, 0.6) is 11.5 Å². The van der Waals surface area contributed by atoms with Crippen LogP contribution in [-0.4, -0.2) is 16.0 Å². The molecule has 2 aromatic rings. The lowest BCUT2D eigenvalue weighted by Crippen LogP contribution is -2.02. The van der Waals surface area contributed by atoms with E-state index in [0.717, 1.165) is 6.07 Å². The normalized spacial score (nSPS) is 10.1. The Morgan fingerprint density at radius 2 is 1.68 bits per heavy atom. The summed E-state index contributed by atoms with van der Waals surface area (Å²) in [7, 11) is 0. The molecule has 0 aliphatic heterocycles. The molecule has 0 radical (unpaired) electrons. The molecular weight excluding hydrogens is 242 g/mol. The molecule has 0 amide bonds. The second-order valence-corrected chi connectivity index (χ2v) is 4.13. The van der Waals surface area contributed by atoms with Gasteiger partial charge in [-0.05, 0) is 29.8 Å². The zero-order valence-corrected chi connectivity index (χ0v) is 10.1. The van der Waals surface area contributed by atoms with Crippen LogP contribution in [0.2, 0.25) is 0 Å². The molecule has 2 aromatic carbocycles. The summed E-state index contributed by atoms with van der Waals surface area (Å²) in [4.78, 5) is 12.2. The lowest BCUT2D eigenvalue weighted by molar-refractivity contribution is 0.105. The maximum atomic E-state index is 12.2. The third-order valence-electron chi connectivity index (χ3n) is 2.76. The number of phenolic OH excluding ortho intramolecular Hbond substituents is 2. The Kier molecular flexibility index (Phi) is 3.25. The van der Waals surface area contributed by atoms with Crippen molar-refractivity contribution in [1.29, 1.82) is 0 Å². The number of carbonyl (C=O) groups is 1. The third-order valence-corrected chi connectivity index (χ3v) is 2.76. The molecule has 0 saturated heterocycles. The Labute approximate surface area is 110 Å². The zero-order valence-electron chi connectivity index (χ0n) is 10.1. The molecule has 2 rings (SSSR count). The lowest BCUT2D eigenvalue weighted by Gasteiger charge is -2.07. The molecular formula is C15H13NO3. The average molecular weight is 255 g/mol. The van der Waals surface area contributed by atoms with Crippen LogP contribution in [0.3, 0.4) is 0 Å². The second-order valence-electron chi connectivity index (χ2n) is 4.13. The van der Waals surface area contributed by atoms with Gasteiger partial charge in [0.2, 0.25) is 0 Å². The van der Waals surface area contributed by atoms with Gasteiger partial charge in [0.15, 0.2) is 5.78 Å². The molecule has 0 aliphatic carbocycles. The average Bonchev–Trinajstić information content (AvgIpc) is 2.38. The standard InChI is InChI=1S/C15H13NO3/c1-9(10-2-4-11(16)5-3-10)15(19)13-7-6-12(17)8-14(13)18/h2-8,17-18H,1,16H2. The maximum Gasteiger partial charge on any atom is 0.196 e. The van der Waals surface area contributed by atoms with Crippen LogP contribution in [0.15, 0.2) is 49.0 Å². The Hall–Kier alpha value is -2.75. The molecule has 0 aliphatic rings. The molecule has 4 heteroatoms. The van der Waals surface area contributed by atoms with E-state index in [1.165, 1.54) is 12.1 Å². The van der Waals surface area contributed by atoms with Gasteiger partial charge in [-0.25, -0.2) is 0 Å². The summed E-state index contributed by atoms with van der Waals surface area (Å²) in [6.45, 7) is 3.73. The van der Waals surface area contributed by atoms with Gasteiger partial charge in [-0.1, -0.05) is 18.7 Å². The van der Waals surface area contributed by atoms with E-state index in [-0.39, 0.29) is 22.6 Å². The van der Waals surface area contributed by atoms with Crippen molar-refractivity contribution in [1.82, 2.24) is 0 Å². The molecule has 0 aromatic heterocycles. The predicted molar refractivity (Wildman–Crippen MR) is 74.0 cm³/mol. The van der Waals surface area contributed by atoms with Crippen molar-refractivity contribution in [3.63, 3.8) is 0 Å². The van der Waals surface area contributed by atoms with E-state index < -0.39 is 5.78 Å². The topological polar surface area (TPSA) is 83.5 Å². The monoisotopic (exact) mass is 255 g/mol. The number of rotatable bonds is 3. The molecule has 4 N–H and O–H groups in total. The minimum absolute atomic E-state index is 0.0969. The first kappa shape index (κ1) is 12.7. The lowest BCUT2D eigenvalue weighted by atomic mass is 9.97. The highest BCUT2D eigenvalue weighted by atomic mass is 16.3. The molecule has 0 heterocycles. The van der Waals surface area contributed by atoms with E-state index in [2.05, 4.69) is 6.58 Å². The van der Waals surface area contributed by atoms with E-state index in [9.17, 15) is 15.0 Å². The smallest absolute Gasteiger partial charge is 0.196 e. The summed E-state index contributed by atoms with van der Waals surface area (Å²) in [6.07, 6.45) is 0. The van der Waals surface area contributed by atoms with Crippen LogP contribution < -0.4 is 5.73 Å². The highest BCUT2D eigenvalue weighted by Crippen LogP contribution is 2.27. The number of ketones is 1. The first-order valence-corrected chi connectivity index (χ1v) is 5.60. The number of hydrogen-bond donors (Lipinski definition) is 3. The number of phenols is 2. The van der Waals surface area contributed by atoms with Gasteiger partial charge in [-0.3, -0.25) is 4.79 Å². The summed E-state index contributed by atoms with van der Waals surface area (Å²) < 4.78 is 0. The molecule has 0 spiro atoms. The zero-order chi connectivity index (χ0) is 14.0. The number of hydrogen-bond acceptors (Lipinski definition) is 4. The molecule has 4 nitrogen and oxygen atoms in total. The van der Waals surface area contributed by atoms with Crippen LogP contribution in [0.1, 0.15) is 15.9 Å². The SMILES string of the molecule is C=C(C(=O)c1ccc(O)cc1O)c1ccc(N)cc1. The summed E-state index contributed by atoms with van der Waals surface area (Å²) in [6, 6.07) is 10.5. The second kappa shape index (κ2) is 4.86. The van der Waals surface area contributed by atoms with Gasteiger partial charge in [0.1, 0.15) is 11.5 Å². The van der Waals surface area contributed by atoms with Crippen molar-refractivity contribution in [2.75, 3.05) is 5.73 Å². The van der Waals surface area contributed by atoms with E-state index in [4.69, 9.17) is 5.73 Å². The van der Waals surface area contributed by atoms with E-state index >= 15 is 0 Å². The minimum atomic E-state index is -0.401. The largest absolute Gasteiger partial charge is 0.508 e. The fourth-order valence-corrected chi connectivity index (χ4v) is 1.69. The molecule has 0 bridgehead atoms. The van der Waals surface area contributed by atoms with Gasteiger partial charge in [-0.2, -0.15) is 0 Å². The van der Waals surface area contributed by atoms with Crippen molar-refractivity contribution in [3.8, 4) is 11.5 Å². The van der Waals surface area contributed by atoms with E-state index in [1.54, 1.807) is 24.3 Å². The van der Waals surface area contributed by atoms with Crippen molar-refractivity contribution in [3.05, 3.63) is 60.2 Å². The highest BCUT2D eigenvalue weighted by molar-refractivity contribution is 6.29. The number of Topliss-reactive ketones (excluding diaryl/α,β-unsaturated/α-hetero) is 1. The van der Waals surface area contributed by atoms with Crippen LogP contribution in [0, 0.1) is 0 Å². The molecule has 96 valence electrons. The van der Waals surface area contributed by atoms with Gasteiger partial charge in [-0.15, -0.1) is 0 Å². The highest BCUT2D eigenvalue weighted by Gasteiger charge is 2.16. The van der Waals surface area contributed by atoms with Crippen molar-refractivity contribution in [2.24, 2.45) is 0 Å². The Bertz CT molecular complexity index is 645. The van der Waals surface area contributed by atoms with Gasteiger partial charge < -0.3 is 15.9 Å². The van der Waals surface area contributed by atoms with E-state index in [0.29, 0.717) is 11.3 Å². The quantitative estimate of drug-likeness (QED) is 0.447. The number of carbonyl (C=O) groups excluding carboxylic acids is 1. The number of anilines is 1. The summed E-state index contributed by atoms with van der Waals surface area (Å²) >= 11 is 0. The van der Waals surface area contributed by atoms with Crippen LogP contribution >= 0.6 is 0 Å². The van der Waals surface area contributed by atoms with Gasteiger partial charge in [0.25, 0.3) is 0 Å². The molecule has 0 fully saturated rings. The summed E-state index contributed by atoms with van der Waals surface area (Å²) in [5.74, 6) is -0.781. The Balaban J connectivity index is 2.33. The van der Waals surface area contributed by atoms with Crippen molar-refractivity contribution in [2.45, 2.75) is 0 Å². The fraction of sp³-hybridized carbons (Fsp3) is 0. The van der Waals surface area contributed by atoms with Gasteiger partial charge >= 0.3 is 0 Å². The Morgan fingerprint density at radius 1 is 1.05 bits per heavy atom. The molecule has 0 atom stereocenters. The predicted octanol–water partition coefficient (Wildman–Crippen LogP) is 2.58. The van der Waals surface area contributed by atoms with Crippen LogP contribution in [0.25, 0.3) is 5.57 Å². The fourth-order valence-electron chi connectivity index (χ4n) is 1.69. The molecule has 0 saturated carbocycles. The van der Waals surface area contributed by atoms with Crippen molar-refractivity contribution < 1.29 is 15.0 Å². The third kappa shape index (κ3) is 2.57. The van der Waals surface area contributed by atoms with Crippen molar-refractivity contribution >= 4 is 17.0 Å². The van der Waals surface area contributed by atoms with Crippen LogP contribution in [-0.2, 0) is 0 Å². The molecule has 0 unspecified atom stereocenters. The number of benzene rings is 2. The minimum Gasteiger partial charge on any atom is -0.508 e. The van der Waals surface area contributed by atoms with Gasteiger partial charge in [0.05, 0.1) is 5.56 Å². The molecule has 19 heavy (non-hydrogen) atoms. The number of nitrogens with two attached hydrogens (primary N) is 1. The number of nitrogen functional groups attached to an aromatic ring is 1. The number of allylic oxidation sites excluding steroid dienone is 1. The first-order valence-electron chi connectivity index (χ1n) is 5.60. The number of aromatic hydroxyl groups is 2. The van der Waals surface area contributed by atoms with Gasteiger partial charge in [0, 0.05) is 17.3 Å². The summed E-state index contributed by atoms with van der Waals surface area (Å²) in [5.41, 5.74) is 7.15. The Morgan fingerprint density at radius 3 is 2.26 bits per heavy atom. The van der Waals surface area contributed by atoms with E-state index in [1.807, 2.05) is 0 Å².